The topological polar surface area (TPSA) is 47.3 Å². The predicted molar refractivity (Wildman–Crippen MR) is 67.0 cm³/mol. The molecule has 18 heavy (non-hydrogen) atoms. The zero-order valence-corrected chi connectivity index (χ0v) is 9.71. The van der Waals surface area contributed by atoms with Crippen molar-refractivity contribution in [3.63, 3.8) is 0 Å². The molecule has 0 atom stereocenters. The van der Waals surface area contributed by atoms with E-state index in [1.165, 1.54) is 7.11 Å². The Balaban J connectivity index is 2.37. The monoisotopic (exact) mass is 250 g/mol. The van der Waals surface area contributed by atoms with Crippen LogP contribution in [0, 0.1) is 11.6 Å². The lowest BCUT2D eigenvalue weighted by atomic mass is 10.2. The molecule has 0 spiro atoms. The van der Waals surface area contributed by atoms with Gasteiger partial charge in [0.1, 0.15) is 17.4 Å². The lowest BCUT2D eigenvalue weighted by Gasteiger charge is -2.12. The molecule has 0 aliphatic carbocycles. The average Bonchev–Trinajstić information content (AvgIpc) is 2.36. The van der Waals surface area contributed by atoms with Crippen LogP contribution in [-0.4, -0.2) is 7.11 Å². The molecule has 0 fully saturated rings. The normalized spacial score (nSPS) is 10.2. The van der Waals surface area contributed by atoms with Crippen molar-refractivity contribution in [3.8, 4) is 5.75 Å². The molecule has 0 amide bonds. The summed E-state index contributed by atoms with van der Waals surface area (Å²) in [4.78, 5) is 0. The second-order valence-electron chi connectivity index (χ2n) is 3.67. The van der Waals surface area contributed by atoms with Crippen LogP contribution in [0.2, 0.25) is 0 Å². The SMILES string of the molecule is COc1cccc(Nc2cc(F)ccc2F)c1N. The van der Waals surface area contributed by atoms with Crippen LogP contribution in [0.25, 0.3) is 0 Å². The Bertz CT molecular complexity index is 573. The summed E-state index contributed by atoms with van der Waals surface area (Å²) in [6.07, 6.45) is 0. The lowest BCUT2D eigenvalue weighted by molar-refractivity contribution is 0.417. The van der Waals surface area contributed by atoms with Gasteiger partial charge in [0.25, 0.3) is 0 Å². The number of hydrogen-bond donors (Lipinski definition) is 2. The Morgan fingerprint density at radius 3 is 2.61 bits per heavy atom. The van der Waals surface area contributed by atoms with E-state index in [4.69, 9.17) is 10.5 Å². The van der Waals surface area contributed by atoms with Crippen LogP contribution in [0.15, 0.2) is 36.4 Å². The molecule has 3 nitrogen and oxygen atoms in total. The summed E-state index contributed by atoms with van der Waals surface area (Å²) >= 11 is 0. The molecule has 94 valence electrons. The lowest BCUT2D eigenvalue weighted by Crippen LogP contribution is -2.00. The third kappa shape index (κ3) is 2.34. The molecule has 0 radical (unpaired) electrons. The van der Waals surface area contributed by atoms with E-state index in [9.17, 15) is 8.78 Å². The van der Waals surface area contributed by atoms with Gasteiger partial charge in [0.2, 0.25) is 0 Å². The van der Waals surface area contributed by atoms with Gasteiger partial charge in [0, 0.05) is 6.07 Å². The Morgan fingerprint density at radius 2 is 1.89 bits per heavy atom. The minimum absolute atomic E-state index is 0.0231. The van der Waals surface area contributed by atoms with Gasteiger partial charge in [0.15, 0.2) is 0 Å². The molecule has 2 aromatic rings. The van der Waals surface area contributed by atoms with Gasteiger partial charge in [-0.3, -0.25) is 0 Å². The molecule has 0 aliphatic rings. The first kappa shape index (κ1) is 12.2. The molecule has 5 heteroatoms. The molecule has 2 rings (SSSR count). The van der Waals surface area contributed by atoms with Crippen molar-refractivity contribution in [1.82, 2.24) is 0 Å². The number of nitrogens with one attached hydrogen (secondary N) is 1. The van der Waals surface area contributed by atoms with Crippen molar-refractivity contribution in [2.24, 2.45) is 0 Å². The van der Waals surface area contributed by atoms with E-state index in [-0.39, 0.29) is 5.69 Å². The molecule has 0 bridgehead atoms. The summed E-state index contributed by atoms with van der Waals surface area (Å²) in [6, 6.07) is 8.21. The minimum Gasteiger partial charge on any atom is -0.495 e. The third-order valence-corrected chi connectivity index (χ3v) is 2.48. The first-order chi connectivity index (χ1) is 8.61. The Labute approximate surface area is 103 Å². The average molecular weight is 250 g/mol. The fourth-order valence-corrected chi connectivity index (χ4v) is 1.57. The maximum Gasteiger partial charge on any atom is 0.146 e. The van der Waals surface area contributed by atoms with Crippen molar-refractivity contribution < 1.29 is 13.5 Å². The van der Waals surface area contributed by atoms with E-state index in [1.54, 1.807) is 18.2 Å². The number of rotatable bonds is 3. The van der Waals surface area contributed by atoms with Gasteiger partial charge in [-0.2, -0.15) is 0 Å². The molecular formula is C13H12F2N2O. The first-order valence-corrected chi connectivity index (χ1v) is 5.26. The molecular weight excluding hydrogens is 238 g/mol. The summed E-state index contributed by atoms with van der Waals surface area (Å²) in [5, 5.41) is 2.74. The van der Waals surface area contributed by atoms with E-state index in [0.717, 1.165) is 18.2 Å². The van der Waals surface area contributed by atoms with E-state index in [0.29, 0.717) is 17.1 Å². The third-order valence-electron chi connectivity index (χ3n) is 2.48. The zero-order valence-electron chi connectivity index (χ0n) is 9.71. The number of halogens is 2. The highest BCUT2D eigenvalue weighted by atomic mass is 19.1. The maximum atomic E-state index is 13.5. The van der Waals surface area contributed by atoms with Crippen molar-refractivity contribution in [2.75, 3.05) is 18.2 Å². The Kier molecular flexibility index (Phi) is 3.32. The smallest absolute Gasteiger partial charge is 0.146 e. The molecule has 0 saturated heterocycles. The van der Waals surface area contributed by atoms with Gasteiger partial charge in [-0.05, 0) is 24.3 Å². The van der Waals surface area contributed by atoms with Crippen LogP contribution in [0.5, 0.6) is 5.75 Å². The summed E-state index contributed by atoms with van der Waals surface area (Å²) < 4.78 is 31.5. The number of methoxy groups -OCH3 is 1. The highest BCUT2D eigenvalue weighted by molar-refractivity contribution is 5.77. The van der Waals surface area contributed by atoms with Crippen LogP contribution in [0.1, 0.15) is 0 Å². The van der Waals surface area contributed by atoms with Gasteiger partial charge >= 0.3 is 0 Å². The van der Waals surface area contributed by atoms with E-state index < -0.39 is 11.6 Å². The van der Waals surface area contributed by atoms with Crippen LogP contribution in [0.3, 0.4) is 0 Å². The highest BCUT2D eigenvalue weighted by Gasteiger charge is 2.08. The van der Waals surface area contributed by atoms with Gasteiger partial charge < -0.3 is 15.8 Å². The molecule has 2 aromatic carbocycles. The molecule has 0 aliphatic heterocycles. The van der Waals surface area contributed by atoms with Gasteiger partial charge in [-0.1, -0.05) is 6.07 Å². The van der Waals surface area contributed by atoms with Crippen LogP contribution >= 0.6 is 0 Å². The second-order valence-corrected chi connectivity index (χ2v) is 3.67. The number of para-hydroxylation sites is 1. The number of hydrogen-bond acceptors (Lipinski definition) is 3. The first-order valence-electron chi connectivity index (χ1n) is 5.26. The van der Waals surface area contributed by atoms with Gasteiger partial charge in [-0.15, -0.1) is 0 Å². The fraction of sp³-hybridized carbons (Fsp3) is 0.0769. The number of benzene rings is 2. The predicted octanol–water partition coefficient (Wildman–Crippen LogP) is 3.30. The van der Waals surface area contributed by atoms with Crippen molar-refractivity contribution in [3.05, 3.63) is 48.0 Å². The summed E-state index contributed by atoms with van der Waals surface area (Å²) in [5.41, 5.74) is 6.64. The summed E-state index contributed by atoms with van der Waals surface area (Å²) in [7, 11) is 1.48. The molecule has 3 N–H and O–H groups in total. The fourth-order valence-electron chi connectivity index (χ4n) is 1.57. The maximum absolute atomic E-state index is 13.5. The van der Waals surface area contributed by atoms with E-state index >= 15 is 0 Å². The van der Waals surface area contributed by atoms with Crippen molar-refractivity contribution in [1.29, 1.82) is 0 Å². The Hall–Kier alpha value is -2.30. The number of ether oxygens (including phenoxy) is 1. The van der Waals surface area contributed by atoms with Crippen molar-refractivity contribution >= 4 is 17.1 Å². The summed E-state index contributed by atoms with van der Waals surface area (Å²) in [5.74, 6) is -0.615. The summed E-state index contributed by atoms with van der Waals surface area (Å²) in [6.45, 7) is 0. The van der Waals surface area contributed by atoms with Gasteiger partial charge in [0.05, 0.1) is 24.2 Å². The van der Waals surface area contributed by atoms with Crippen molar-refractivity contribution in [2.45, 2.75) is 0 Å². The molecule has 0 unspecified atom stereocenters. The quantitative estimate of drug-likeness (QED) is 0.822. The number of nitrogen functional groups attached to an aromatic ring is 1. The highest BCUT2D eigenvalue weighted by Crippen LogP contribution is 2.32. The van der Waals surface area contributed by atoms with Crippen LogP contribution < -0.4 is 15.8 Å². The largest absolute Gasteiger partial charge is 0.495 e. The van der Waals surface area contributed by atoms with Crippen LogP contribution in [0.4, 0.5) is 25.8 Å². The number of nitrogens with two attached hydrogens (primary N) is 1. The molecule has 0 heterocycles. The minimum atomic E-state index is -0.557. The van der Waals surface area contributed by atoms with Gasteiger partial charge in [-0.25, -0.2) is 8.78 Å². The molecule has 0 aromatic heterocycles. The second kappa shape index (κ2) is 4.91. The number of anilines is 3. The van der Waals surface area contributed by atoms with Crippen LogP contribution in [-0.2, 0) is 0 Å². The molecule has 0 saturated carbocycles. The van der Waals surface area contributed by atoms with E-state index in [2.05, 4.69) is 5.32 Å². The standard InChI is InChI=1S/C13H12F2N2O/c1-18-12-4-2-3-10(13(12)16)17-11-7-8(14)5-6-9(11)15/h2-7,17H,16H2,1H3. The zero-order chi connectivity index (χ0) is 13.1. The Morgan fingerprint density at radius 1 is 1.11 bits per heavy atom. The van der Waals surface area contributed by atoms with E-state index in [1.807, 2.05) is 0 Å².